The Morgan fingerprint density at radius 2 is 1.97 bits per heavy atom. The van der Waals surface area contributed by atoms with Crippen molar-refractivity contribution in [3.05, 3.63) is 56.4 Å². The molecule has 0 saturated carbocycles. The normalized spacial score (nSPS) is 19.7. The van der Waals surface area contributed by atoms with Gasteiger partial charge in [-0.25, -0.2) is 4.52 Å². The van der Waals surface area contributed by atoms with Crippen molar-refractivity contribution in [2.24, 2.45) is 7.05 Å². The average Bonchev–Trinajstić information content (AvgIpc) is 3.47. The zero-order valence-corrected chi connectivity index (χ0v) is 22.6. The molecule has 0 amide bonds. The first-order valence-electron chi connectivity index (χ1n) is 12.4. The highest BCUT2D eigenvalue weighted by molar-refractivity contribution is 7.22. The second-order valence-electron chi connectivity index (χ2n) is 9.46. The van der Waals surface area contributed by atoms with E-state index in [-0.39, 0.29) is 30.1 Å². The summed E-state index contributed by atoms with van der Waals surface area (Å²) >= 11 is 7.77. The van der Waals surface area contributed by atoms with Gasteiger partial charge in [-0.3, -0.25) is 19.2 Å². The fraction of sp³-hybridized carbons (Fsp3) is 0.462. The summed E-state index contributed by atoms with van der Waals surface area (Å²) in [6, 6.07) is 12.5. The summed E-state index contributed by atoms with van der Waals surface area (Å²) in [5.41, 5.74) is 3.28. The van der Waals surface area contributed by atoms with E-state index in [9.17, 15) is 10.1 Å². The summed E-state index contributed by atoms with van der Waals surface area (Å²) in [5.74, 6) is 0.794. The summed E-state index contributed by atoms with van der Waals surface area (Å²) in [4.78, 5) is 22.7. The number of hydrogen-bond acceptors (Lipinski definition) is 7. The van der Waals surface area contributed by atoms with Crippen molar-refractivity contribution in [2.75, 3.05) is 18.0 Å². The number of anilines is 1. The van der Waals surface area contributed by atoms with Crippen molar-refractivity contribution in [3.63, 3.8) is 0 Å². The maximum atomic E-state index is 12.9. The fourth-order valence-corrected chi connectivity index (χ4v) is 6.41. The number of aromatic nitrogens is 4. The van der Waals surface area contributed by atoms with Crippen LogP contribution in [0.15, 0.2) is 35.1 Å². The van der Waals surface area contributed by atoms with Crippen LogP contribution >= 0.6 is 22.9 Å². The molecule has 0 aliphatic carbocycles. The van der Waals surface area contributed by atoms with Gasteiger partial charge in [0, 0.05) is 50.4 Å². The molecular weight excluding hydrogens is 494 g/mol. The van der Waals surface area contributed by atoms with Crippen LogP contribution in [0.1, 0.15) is 51.0 Å². The largest absolute Gasteiger partial charge is 0.351 e. The van der Waals surface area contributed by atoms with Crippen LogP contribution in [0.4, 0.5) is 5.82 Å². The Morgan fingerprint density at radius 1 is 1.19 bits per heavy atom. The van der Waals surface area contributed by atoms with Crippen LogP contribution in [0.3, 0.4) is 0 Å². The second-order valence-corrected chi connectivity index (χ2v) is 11.2. The molecule has 0 unspecified atom stereocenters. The van der Waals surface area contributed by atoms with Gasteiger partial charge < -0.3 is 4.90 Å². The molecule has 8 nitrogen and oxygen atoms in total. The van der Waals surface area contributed by atoms with Gasteiger partial charge in [0.15, 0.2) is 0 Å². The first-order valence-corrected chi connectivity index (χ1v) is 13.6. The molecule has 4 aromatic rings. The van der Waals surface area contributed by atoms with E-state index < -0.39 is 0 Å². The Morgan fingerprint density at radius 3 is 2.69 bits per heavy atom. The molecule has 10 heteroatoms. The van der Waals surface area contributed by atoms with Crippen LogP contribution in [0.2, 0.25) is 4.34 Å². The molecule has 0 spiro atoms. The highest BCUT2D eigenvalue weighted by Crippen LogP contribution is 2.34. The van der Waals surface area contributed by atoms with Gasteiger partial charge in [0.25, 0.3) is 5.56 Å². The highest BCUT2D eigenvalue weighted by atomic mass is 35.5. The molecule has 0 radical (unpaired) electrons. The standard InChI is InChI=1S/C26H30ClN7OS/c1-5-18-15-33(25-13-26(35)31(4)24-11-17(9-10-28)30-34(24)25)19(6-2)14-32(18)16(3)20-7-8-22-21(29-20)12-23(27)36-22/h7-8,11-13,16,18-19H,5-6,9,14-15H2,1-4H3/t16-,18-,19+/m1/s1. The Kier molecular flexibility index (Phi) is 6.77. The van der Waals surface area contributed by atoms with Crippen LogP contribution < -0.4 is 10.5 Å². The smallest absolute Gasteiger partial charge is 0.255 e. The van der Waals surface area contributed by atoms with Crippen molar-refractivity contribution in [3.8, 4) is 6.07 Å². The number of nitriles is 1. The van der Waals surface area contributed by atoms with E-state index in [4.69, 9.17) is 21.7 Å². The molecule has 1 fully saturated rings. The zero-order valence-electron chi connectivity index (χ0n) is 21.0. The summed E-state index contributed by atoms with van der Waals surface area (Å²) in [6.07, 6.45) is 2.11. The van der Waals surface area contributed by atoms with Gasteiger partial charge in [-0.2, -0.15) is 10.4 Å². The third-order valence-electron chi connectivity index (χ3n) is 7.41. The number of rotatable bonds is 6. The second kappa shape index (κ2) is 9.85. The number of nitrogens with zero attached hydrogens (tertiary/aromatic N) is 7. The summed E-state index contributed by atoms with van der Waals surface area (Å²) < 4.78 is 5.28. The molecule has 5 rings (SSSR count). The maximum absolute atomic E-state index is 12.9. The monoisotopic (exact) mass is 523 g/mol. The Bertz CT molecular complexity index is 1520. The number of halogens is 1. The van der Waals surface area contributed by atoms with Gasteiger partial charge in [0.1, 0.15) is 11.5 Å². The van der Waals surface area contributed by atoms with E-state index in [1.54, 1.807) is 29.0 Å². The highest BCUT2D eigenvalue weighted by Gasteiger charge is 2.36. The SMILES string of the molecule is CC[C@H]1CN([C@H](C)c2ccc3sc(Cl)cc3n2)[C@H](CC)CN1c1cc(=O)n(C)c2cc(CC#N)nn12. The molecule has 1 aliphatic heterocycles. The molecule has 36 heavy (non-hydrogen) atoms. The topological polar surface area (TPSA) is 82.5 Å². The van der Waals surface area contributed by atoms with Crippen LogP contribution in [0.5, 0.6) is 0 Å². The van der Waals surface area contributed by atoms with Gasteiger partial charge >= 0.3 is 0 Å². The van der Waals surface area contributed by atoms with Crippen LogP contribution in [-0.4, -0.2) is 49.2 Å². The first-order chi connectivity index (χ1) is 17.3. The Balaban J connectivity index is 1.50. The number of thiophene rings is 1. The van der Waals surface area contributed by atoms with Gasteiger partial charge in [-0.1, -0.05) is 25.4 Å². The number of pyridine rings is 1. The van der Waals surface area contributed by atoms with Crippen LogP contribution in [0, 0.1) is 11.3 Å². The zero-order chi connectivity index (χ0) is 25.6. The van der Waals surface area contributed by atoms with E-state index >= 15 is 0 Å². The third-order valence-corrected chi connectivity index (χ3v) is 8.63. The predicted octanol–water partition coefficient (Wildman–Crippen LogP) is 4.80. The third kappa shape index (κ3) is 4.27. The summed E-state index contributed by atoms with van der Waals surface area (Å²) in [5, 5.41) is 13.9. The lowest BCUT2D eigenvalue weighted by Crippen LogP contribution is -2.59. The minimum Gasteiger partial charge on any atom is -0.351 e. The number of piperazine rings is 1. The lowest BCUT2D eigenvalue weighted by atomic mass is 9.99. The molecule has 4 aromatic heterocycles. The van der Waals surface area contributed by atoms with E-state index in [0.717, 1.165) is 52.0 Å². The van der Waals surface area contributed by atoms with Gasteiger partial charge in [-0.15, -0.1) is 11.3 Å². The van der Waals surface area contributed by atoms with Gasteiger partial charge in [0.05, 0.1) is 38.4 Å². The minimum absolute atomic E-state index is 0.0773. The van der Waals surface area contributed by atoms with E-state index in [2.05, 4.69) is 48.8 Å². The fourth-order valence-electron chi connectivity index (χ4n) is 5.33. The molecule has 0 N–H and O–H groups in total. The van der Waals surface area contributed by atoms with Gasteiger partial charge in [0.2, 0.25) is 0 Å². The lowest BCUT2D eigenvalue weighted by molar-refractivity contribution is 0.0986. The molecule has 3 atom stereocenters. The number of aryl methyl sites for hydroxylation is 1. The molecule has 5 heterocycles. The molecule has 188 valence electrons. The maximum Gasteiger partial charge on any atom is 0.255 e. The van der Waals surface area contributed by atoms with Crippen molar-refractivity contribution in [1.29, 1.82) is 5.26 Å². The van der Waals surface area contributed by atoms with Crippen molar-refractivity contribution in [2.45, 2.75) is 58.2 Å². The Hall–Kier alpha value is -2.93. The Labute approximate surface area is 219 Å². The number of hydrogen-bond donors (Lipinski definition) is 0. The van der Waals surface area contributed by atoms with E-state index in [1.807, 2.05) is 16.6 Å². The van der Waals surface area contributed by atoms with E-state index in [0.29, 0.717) is 11.3 Å². The van der Waals surface area contributed by atoms with Crippen molar-refractivity contribution in [1.82, 2.24) is 24.1 Å². The van der Waals surface area contributed by atoms with E-state index in [1.165, 1.54) is 0 Å². The lowest BCUT2D eigenvalue weighted by Gasteiger charge is -2.49. The average molecular weight is 524 g/mol. The molecular formula is C26H30ClN7OS. The number of fused-ring (bicyclic) bond motifs is 2. The first kappa shape index (κ1) is 24.8. The van der Waals surface area contributed by atoms with Crippen LogP contribution in [0.25, 0.3) is 15.9 Å². The molecule has 1 aliphatic rings. The van der Waals surface area contributed by atoms with Crippen molar-refractivity contribution < 1.29 is 0 Å². The quantitative estimate of drug-likeness (QED) is 0.361. The molecule has 0 bridgehead atoms. The molecule has 1 saturated heterocycles. The van der Waals surface area contributed by atoms with Crippen molar-refractivity contribution >= 4 is 44.6 Å². The minimum atomic E-state index is -0.0773. The van der Waals surface area contributed by atoms with Crippen LogP contribution in [-0.2, 0) is 13.5 Å². The summed E-state index contributed by atoms with van der Waals surface area (Å²) in [6.45, 7) is 8.26. The van der Waals surface area contributed by atoms with Gasteiger partial charge in [-0.05, 0) is 38.0 Å². The molecule has 0 aromatic carbocycles. The summed E-state index contributed by atoms with van der Waals surface area (Å²) in [7, 11) is 1.75. The predicted molar refractivity (Wildman–Crippen MR) is 145 cm³/mol.